The number of methoxy groups -OCH3 is 1. The first-order valence-corrected chi connectivity index (χ1v) is 8.49. The predicted molar refractivity (Wildman–Crippen MR) is 90.7 cm³/mol. The minimum absolute atomic E-state index is 0.00414. The van der Waals surface area contributed by atoms with Gasteiger partial charge in [-0.1, -0.05) is 0 Å². The Bertz CT molecular complexity index is 732. The van der Waals surface area contributed by atoms with E-state index in [4.69, 9.17) is 9.72 Å². The second kappa shape index (κ2) is 6.28. The number of rotatable bonds is 3. The van der Waals surface area contributed by atoms with Gasteiger partial charge in [0.2, 0.25) is 5.91 Å². The van der Waals surface area contributed by atoms with Crippen LogP contribution in [0.5, 0.6) is 5.75 Å². The number of ether oxygens (including phenoxy) is 1. The summed E-state index contributed by atoms with van der Waals surface area (Å²) in [5.41, 5.74) is 3.16. The Kier molecular flexibility index (Phi) is 3.98. The van der Waals surface area contributed by atoms with Crippen molar-refractivity contribution >= 4 is 5.91 Å². The third kappa shape index (κ3) is 2.78. The first kappa shape index (κ1) is 15.2. The largest absolute Gasteiger partial charge is 0.497 e. The van der Waals surface area contributed by atoms with Crippen LogP contribution in [-0.4, -0.2) is 47.0 Å². The molecule has 6 heteroatoms. The Morgan fingerprint density at radius 3 is 2.88 bits per heavy atom. The zero-order valence-electron chi connectivity index (χ0n) is 13.8. The quantitative estimate of drug-likeness (QED) is 0.901. The Hall–Kier alpha value is -2.34. The number of imidazole rings is 1. The minimum Gasteiger partial charge on any atom is -0.497 e. The molecule has 2 aliphatic heterocycles. The van der Waals surface area contributed by atoms with Gasteiger partial charge in [0.1, 0.15) is 11.6 Å². The first-order valence-electron chi connectivity index (χ1n) is 8.49. The second-order valence-corrected chi connectivity index (χ2v) is 6.40. The van der Waals surface area contributed by atoms with Crippen molar-refractivity contribution in [3.8, 4) is 17.1 Å². The zero-order valence-corrected chi connectivity index (χ0v) is 13.8. The van der Waals surface area contributed by atoms with Crippen molar-refractivity contribution in [1.82, 2.24) is 20.2 Å². The first-order chi connectivity index (χ1) is 11.7. The van der Waals surface area contributed by atoms with Gasteiger partial charge < -0.3 is 19.9 Å². The number of benzene rings is 1. The van der Waals surface area contributed by atoms with Crippen LogP contribution in [0.3, 0.4) is 0 Å². The third-order valence-electron chi connectivity index (χ3n) is 4.87. The molecule has 0 bridgehead atoms. The van der Waals surface area contributed by atoms with E-state index < -0.39 is 0 Å². The Morgan fingerprint density at radius 1 is 1.33 bits per heavy atom. The van der Waals surface area contributed by atoms with Crippen molar-refractivity contribution in [2.24, 2.45) is 0 Å². The Labute approximate surface area is 141 Å². The lowest BCUT2D eigenvalue weighted by molar-refractivity contribution is -0.134. The normalized spacial score (nSPS) is 20.0. The molecule has 2 aliphatic rings. The molecule has 0 saturated carbocycles. The van der Waals surface area contributed by atoms with E-state index in [1.807, 2.05) is 29.2 Å². The van der Waals surface area contributed by atoms with Crippen molar-refractivity contribution in [3.05, 3.63) is 35.7 Å². The van der Waals surface area contributed by atoms with Gasteiger partial charge in [0.15, 0.2) is 0 Å². The van der Waals surface area contributed by atoms with Crippen LogP contribution in [0.25, 0.3) is 11.4 Å². The summed E-state index contributed by atoms with van der Waals surface area (Å²) in [5.74, 6) is 1.91. The molecule has 1 atom stereocenters. The Balaban J connectivity index is 1.51. The molecule has 2 aromatic rings. The smallest absolute Gasteiger partial charge is 0.240 e. The summed E-state index contributed by atoms with van der Waals surface area (Å²) in [6.45, 7) is 2.31. The predicted octanol–water partition coefficient (Wildman–Crippen LogP) is 1.72. The lowest BCUT2D eigenvalue weighted by Gasteiger charge is -2.28. The van der Waals surface area contributed by atoms with Gasteiger partial charge in [0.05, 0.1) is 31.1 Å². The number of hydrogen-bond donors (Lipinski definition) is 2. The molecule has 0 aliphatic carbocycles. The molecule has 3 heterocycles. The SMILES string of the molecule is COc1ccc(-c2nc3c([nH]2)CN(C(=O)C2CCCN2)CC3)cc1. The van der Waals surface area contributed by atoms with Gasteiger partial charge in [-0.2, -0.15) is 0 Å². The van der Waals surface area contributed by atoms with Gasteiger partial charge in [0, 0.05) is 18.5 Å². The van der Waals surface area contributed by atoms with Crippen LogP contribution >= 0.6 is 0 Å². The topological polar surface area (TPSA) is 70.2 Å². The summed E-state index contributed by atoms with van der Waals surface area (Å²) >= 11 is 0. The van der Waals surface area contributed by atoms with E-state index in [1.165, 1.54) is 0 Å². The van der Waals surface area contributed by atoms with Crippen molar-refractivity contribution < 1.29 is 9.53 Å². The van der Waals surface area contributed by atoms with Crippen molar-refractivity contribution in [1.29, 1.82) is 0 Å². The van der Waals surface area contributed by atoms with Crippen molar-refractivity contribution in [2.75, 3.05) is 20.2 Å². The molecule has 6 nitrogen and oxygen atoms in total. The maximum atomic E-state index is 12.6. The van der Waals surface area contributed by atoms with E-state index in [1.54, 1.807) is 7.11 Å². The maximum Gasteiger partial charge on any atom is 0.240 e. The van der Waals surface area contributed by atoms with Crippen molar-refractivity contribution in [2.45, 2.75) is 31.8 Å². The maximum absolute atomic E-state index is 12.6. The van der Waals surface area contributed by atoms with Gasteiger partial charge in [-0.3, -0.25) is 4.79 Å². The average Bonchev–Trinajstić information content (AvgIpc) is 3.30. The van der Waals surface area contributed by atoms with E-state index in [9.17, 15) is 4.79 Å². The molecule has 1 aromatic heterocycles. The van der Waals surface area contributed by atoms with E-state index in [0.717, 1.165) is 60.9 Å². The number of carbonyl (C=O) groups is 1. The number of nitrogens with one attached hydrogen (secondary N) is 2. The lowest BCUT2D eigenvalue weighted by atomic mass is 10.1. The van der Waals surface area contributed by atoms with Crippen LogP contribution in [0.4, 0.5) is 0 Å². The number of nitrogens with zero attached hydrogens (tertiary/aromatic N) is 2. The van der Waals surface area contributed by atoms with Crippen LogP contribution in [0, 0.1) is 0 Å². The highest BCUT2D eigenvalue weighted by molar-refractivity contribution is 5.82. The fourth-order valence-electron chi connectivity index (χ4n) is 3.48. The fraction of sp³-hybridized carbons (Fsp3) is 0.444. The van der Waals surface area contributed by atoms with E-state index in [-0.39, 0.29) is 11.9 Å². The molecule has 1 fully saturated rings. The van der Waals surface area contributed by atoms with Crippen molar-refractivity contribution in [3.63, 3.8) is 0 Å². The number of fused-ring (bicyclic) bond motifs is 1. The van der Waals surface area contributed by atoms with Gasteiger partial charge in [-0.15, -0.1) is 0 Å². The zero-order chi connectivity index (χ0) is 16.5. The Morgan fingerprint density at radius 2 is 2.17 bits per heavy atom. The summed E-state index contributed by atoms with van der Waals surface area (Å²) in [5, 5.41) is 3.29. The van der Waals surface area contributed by atoms with Crippen LogP contribution in [0.15, 0.2) is 24.3 Å². The fourth-order valence-corrected chi connectivity index (χ4v) is 3.48. The standard InChI is InChI=1S/C18H22N4O2/c1-24-13-6-4-12(5-7-13)17-20-14-8-10-22(11-16(14)21-17)18(23)15-3-2-9-19-15/h4-7,15,19H,2-3,8-11H2,1H3,(H,20,21). The molecule has 1 amide bonds. The summed E-state index contributed by atoms with van der Waals surface area (Å²) in [4.78, 5) is 22.6. The van der Waals surface area contributed by atoms with E-state index in [2.05, 4.69) is 10.3 Å². The highest BCUT2D eigenvalue weighted by atomic mass is 16.5. The molecule has 24 heavy (non-hydrogen) atoms. The monoisotopic (exact) mass is 326 g/mol. The molecule has 2 N–H and O–H groups in total. The summed E-state index contributed by atoms with van der Waals surface area (Å²) in [6, 6.07) is 7.84. The highest BCUT2D eigenvalue weighted by Gasteiger charge is 2.30. The highest BCUT2D eigenvalue weighted by Crippen LogP contribution is 2.25. The minimum atomic E-state index is -0.00414. The summed E-state index contributed by atoms with van der Waals surface area (Å²) in [6.07, 6.45) is 2.84. The number of H-pyrrole nitrogens is 1. The molecular formula is C18H22N4O2. The van der Waals surface area contributed by atoms with Crippen LogP contribution < -0.4 is 10.1 Å². The number of aromatic nitrogens is 2. The summed E-state index contributed by atoms with van der Waals surface area (Å²) < 4.78 is 5.19. The van der Waals surface area contributed by atoms with Gasteiger partial charge in [-0.05, 0) is 43.7 Å². The third-order valence-corrected chi connectivity index (χ3v) is 4.87. The molecule has 4 rings (SSSR count). The molecule has 0 radical (unpaired) electrons. The molecular weight excluding hydrogens is 304 g/mol. The van der Waals surface area contributed by atoms with Crippen LogP contribution in [0.1, 0.15) is 24.2 Å². The van der Waals surface area contributed by atoms with E-state index in [0.29, 0.717) is 6.54 Å². The van der Waals surface area contributed by atoms with Crippen LogP contribution in [-0.2, 0) is 17.8 Å². The van der Waals surface area contributed by atoms with Crippen LogP contribution in [0.2, 0.25) is 0 Å². The van der Waals surface area contributed by atoms with Gasteiger partial charge >= 0.3 is 0 Å². The number of carbonyl (C=O) groups excluding carboxylic acids is 1. The molecule has 1 aromatic carbocycles. The molecule has 126 valence electrons. The molecule has 1 saturated heterocycles. The lowest BCUT2D eigenvalue weighted by Crippen LogP contribution is -2.45. The molecule has 1 unspecified atom stereocenters. The van der Waals surface area contributed by atoms with Gasteiger partial charge in [-0.25, -0.2) is 4.98 Å². The van der Waals surface area contributed by atoms with Gasteiger partial charge in [0.25, 0.3) is 0 Å². The number of aromatic amines is 1. The van der Waals surface area contributed by atoms with E-state index >= 15 is 0 Å². The second-order valence-electron chi connectivity index (χ2n) is 6.40. The average molecular weight is 326 g/mol. The molecule has 0 spiro atoms. The number of hydrogen-bond acceptors (Lipinski definition) is 4. The summed E-state index contributed by atoms with van der Waals surface area (Å²) in [7, 11) is 1.66. The number of amides is 1.